The number of rotatable bonds is 9. The fourth-order valence-corrected chi connectivity index (χ4v) is 7.99. The summed E-state index contributed by atoms with van der Waals surface area (Å²) in [6.45, 7) is 10.9. The van der Waals surface area contributed by atoms with E-state index in [1.165, 1.54) is 0 Å². The smallest absolute Gasteiger partial charge is 0.410 e. The number of nitrogens with one attached hydrogen (secondary N) is 1. The number of aliphatic carboxylic acids is 1. The average molecular weight is 703 g/mol. The monoisotopic (exact) mass is 702 g/mol. The third-order valence-electron chi connectivity index (χ3n) is 10.9. The Morgan fingerprint density at radius 3 is 2.31 bits per heavy atom. The SMILES string of the molecule is C=Cc1cc(C[C@@H](OC(=O)N2CCC(N3CCc4ccccc4NC3=O)CC2)C(=O)N2CCN(C3CCN(CC(=O)O)CC3)CC2)cc(C)c1O. The highest BCUT2D eigenvalue weighted by Crippen LogP contribution is 2.28. The predicted octanol–water partition coefficient (Wildman–Crippen LogP) is 3.64. The van der Waals surface area contributed by atoms with E-state index in [0.717, 1.165) is 49.2 Å². The van der Waals surface area contributed by atoms with E-state index in [-0.39, 0.29) is 36.7 Å². The van der Waals surface area contributed by atoms with E-state index in [2.05, 4.69) is 16.8 Å². The molecule has 4 aliphatic rings. The number of phenols is 1. The number of likely N-dealkylation sites (tertiary alicyclic amines) is 2. The van der Waals surface area contributed by atoms with Crippen LogP contribution in [0.25, 0.3) is 6.08 Å². The molecule has 274 valence electrons. The number of carboxylic acids is 1. The third kappa shape index (κ3) is 8.65. The van der Waals surface area contributed by atoms with Crippen LogP contribution in [0.4, 0.5) is 15.3 Å². The number of carboxylic acid groups (broad SMARTS) is 1. The first-order chi connectivity index (χ1) is 24.6. The number of carbonyl (C=O) groups is 4. The summed E-state index contributed by atoms with van der Waals surface area (Å²) in [5.41, 5.74) is 3.89. The molecule has 13 heteroatoms. The Kier molecular flexibility index (Phi) is 11.5. The van der Waals surface area contributed by atoms with Crippen molar-refractivity contribution in [3.05, 3.63) is 65.2 Å². The predicted molar refractivity (Wildman–Crippen MR) is 193 cm³/mol. The molecular formula is C38H50N6O7. The molecule has 0 spiro atoms. The zero-order valence-corrected chi connectivity index (χ0v) is 29.5. The van der Waals surface area contributed by atoms with Crippen LogP contribution in [0.5, 0.6) is 5.75 Å². The molecule has 4 heterocycles. The molecule has 1 atom stereocenters. The number of hydrogen-bond donors (Lipinski definition) is 3. The van der Waals surface area contributed by atoms with Gasteiger partial charge in [0.1, 0.15) is 5.75 Å². The largest absolute Gasteiger partial charge is 0.507 e. The summed E-state index contributed by atoms with van der Waals surface area (Å²) in [5, 5.41) is 22.6. The summed E-state index contributed by atoms with van der Waals surface area (Å²) in [7, 11) is 0. The summed E-state index contributed by atoms with van der Waals surface area (Å²) < 4.78 is 6.05. The highest BCUT2D eigenvalue weighted by Gasteiger charge is 2.36. The van der Waals surface area contributed by atoms with Gasteiger partial charge in [-0.1, -0.05) is 36.9 Å². The normalized spacial score (nSPS) is 20.3. The maximum atomic E-state index is 14.1. The Hall–Kier alpha value is -4.62. The van der Waals surface area contributed by atoms with Crippen LogP contribution in [0.1, 0.15) is 47.9 Å². The van der Waals surface area contributed by atoms with Gasteiger partial charge in [-0.25, -0.2) is 9.59 Å². The number of benzene rings is 2. The van der Waals surface area contributed by atoms with Gasteiger partial charge < -0.3 is 35.0 Å². The zero-order valence-electron chi connectivity index (χ0n) is 29.5. The summed E-state index contributed by atoms with van der Waals surface area (Å²) in [6, 6.07) is 11.6. The maximum Gasteiger partial charge on any atom is 0.410 e. The number of aryl methyl sites for hydroxylation is 1. The van der Waals surface area contributed by atoms with Gasteiger partial charge >= 0.3 is 18.1 Å². The minimum absolute atomic E-state index is 0.0150. The number of amides is 4. The van der Waals surface area contributed by atoms with Crippen molar-refractivity contribution in [1.82, 2.24) is 24.5 Å². The van der Waals surface area contributed by atoms with Crippen LogP contribution < -0.4 is 5.32 Å². The third-order valence-corrected chi connectivity index (χ3v) is 10.9. The maximum absolute atomic E-state index is 14.1. The second-order valence-electron chi connectivity index (χ2n) is 14.1. The van der Waals surface area contributed by atoms with Gasteiger partial charge in [-0.2, -0.15) is 0 Å². The number of phenolic OH excluding ortho intramolecular Hbond substituents is 1. The van der Waals surface area contributed by atoms with Crippen LogP contribution in [0.3, 0.4) is 0 Å². The number of anilines is 1. The van der Waals surface area contributed by atoms with E-state index < -0.39 is 18.2 Å². The number of nitrogens with zero attached hydrogens (tertiary/aromatic N) is 5. The number of hydrogen-bond acceptors (Lipinski definition) is 8. The first kappa shape index (κ1) is 36.2. The molecule has 6 rings (SSSR count). The van der Waals surface area contributed by atoms with Gasteiger partial charge in [0, 0.05) is 88.7 Å². The molecule has 13 nitrogen and oxygen atoms in total. The van der Waals surface area contributed by atoms with Crippen molar-refractivity contribution in [3.8, 4) is 5.75 Å². The molecule has 0 unspecified atom stereocenters. The fourth-order valence-electron chi connectivity index (χ4n) is 7.99. The van der Waals surface area contributed by atoms with Gasteiger partial charge in [0.2, 0.25) is 0 Å². The molecule has 0 radical (unpaired) electrons. The highest BCUT2D eigenvalue weighted by molar-refractivity contribution is 5.91. The van der Waals surface area contributed by atoms with Gasteiger partial charge in [0.05, 0.1) is 6.54 Å². The van der Waals surface area contributed by atoms with E-state index in [0.29, 0.717) is 75.8 Å². The van der Waals surface area contributed by atoms with E-state index in [4.69, 9.17) is 9.84 Å². The first-order valence-electron chi connectivity index (χ1n) is 18.1. The first-order valence-corrected chi connectivity index (χ1v) is 18.1. The molecule has 4 aliphatic heterocycles. The number of para-hydroxylation sites is 1. The second-order valence-corrected chi connectivity index (χ2v) is 14.1. The molecule has 0 aliphatic carbocycles. The lowest BCUT2D eigenvalue weighted by Gasteiger charge is -2.43. The summed E-state index contributed by atoms with van der Waals surface area (Å²) >= 11 is 0. The Bertz CT molecular complexity index is 1610. The van der Waals surface area contributed by atoms with Gasteiger partial charge in [-0.3, -0.25) is 19.4 Å². The Morgan fingerprint density at radius 2 is 1.63 bits per heavy atom. The fraction of sp³-hybridized carbons (Fsp3) is 0.526. The number of piperazine rings is 1. The van der Waals surface area contributed by atoms with E-state index >= 15 is 0 Å². The van der Waals surface area contributed by atoms with Crippen LogP contribution in [0, 0.1) is 6.92 Å². The molecule has 0 aromatic heterocycles. The summed E-state index contributed by atoms with van der Waals surface area (Å²) in [5.74, 6) is -0.929. The van der Waals surface area contributed by atoms with Crippen molar-refractivity contribution in [2.75, 3.05) is 70.8 Å². The lowest BCUT2D eigenvalue weighted by Crippen LogP contribution is -2.56. The molecule has 3 fully saturated rings. The lowest BCUT2D eigenvalue weighted by atomic mass is 9.99. The Morgan fingerprint density at radius 1 is 0.941 bits per heavy atom. The zero-order chi connectivity index (χ0) is 36.1. The quantitative estimate of drug-likeness (QED) is 0.357. The number of carbonyl (C=O) groups excluding carboxylic acids is 3. The topological polar surface area (TPSA) is 146 Å². The number of urea groups is 1. The van der Waals surface area contributed by atoms with Crippen molar-refractivity contribution in [1.29, 1.82) is 0 Å². The van der Waals surface area contributed by atoms with E-state index in [1.54, 1.807) is 34.9 Å². The van der Waals surface area contributed by atoms with Crippen molar-refractivity contribution < 1.29 is 34.1 Å². The average Bonchev–Trinajstić information content (AvgIpc) is 3.30. The Labute approximate surface area is 299 Å². The molecule has 3 N–H and O–H groups in total. The standard InChI is InChI=1S/C38H50N6O7/c1-3-28-23-27(22-26(2)35(28)47)24-33(36(48)42-20-18-41(19-21-42)30-9-13-40(14-10-30)25-34(45)46)51-38(50)43-15-11-31(12-16-43)44-17-8-29-6-4-5-7-32(29)39-37(44)49/h3-7,22-23,30-31,33,47H,1,8-21,24-25H2,2H3,(H,39,49)(H,45,46)/t33-/m1/s1. The minimum atomic E-state index is -1.06. The van der Waals surface area contributed by atoms with E-state index in [1.807, 2.05) is 34.1 Å². The van der Waals surface area contributed by atoms with Crippen molar-refractivity contribution in [2.24, 2.45) is 0 Å². The number of piperidine rings is 2. The lowest BCUT2D eigenvalue weighted by molar-refractivity contribution is -0.143. The van der Waals surface area contributed by atoms with Gasteiger partial charge in [0.15, 0.2) is 6.10 Å². The van der Waals surface area contributed by atoms with Crippen LogP contribution in [0.15, 0.2) is 43.0 Å². The Balaban J connectivity index is 1.08. The summed E-state index contributed by atoms with van der Waals surface area (Å²) in [6.07, 6.45) is 3.85. The molecule has 3 saturated heterocycles. The highest BCUT2D eigenvalue weighted by atomic mass is 16.6. The molecule has 2 aromatic carbocycles. The van der Waals surface area contributed by atoms with Crippen molar-refractivity contribution >= 4 is 35.8 Å². The van der Waals surface area contributed by atoms with Crippen molar-refractivity contribution in [2.45, 2.75) is 63.6 Å². The van der Waals surface area contributed by atoms with Crippen LogP contribution in [-0.2, 0) is 27.2 Å². The molecular weight excluding hydrogens is 652 g/mol. The van der Waals surface area contributed by atoms with Gasteiger partial charge in [-0.05, 0) is 67.9 Å². The molecule has 0 bridgehead atoms. The van der Waals surface area contributed by atoms with Crippen LogP contribution >= 0.6 is 0 Å². The molecule has 2 aromatic rings. The number of fused-ring (bicyclic) bond motifs is 1. The minimum Gasteiger partial charge on any atom is -0.507 e. The molecule has 51 heavy (non-hydrogen) atoms. The summed E-state index contributed by atoms with van der Waals surface area (Å²) in [4.78, 5) is 61.6. The van der Waals surface area contributed by atoms with Crippen molar-refractivity contribution in [3.63, 3.8) is 0 Å². The van der Waals surface area contributed by atoms with E-state index in [9.17, 15) is 24.3 Å². The van der Waals surface area contributed by atoms with Crippen LogP contribution in [-0.4, -0.2) is 142 Å². The van der Waals surface area contributed by atoms with Gasteiger partial charge in [0.25, 0.3) is 5.91 Å². The number of ether oxygens (including phenoxy) is 1. The molecule has 4 amide bonds. The molecule has 0 saturated carbocycles. The number of aromatic hydroxyl groups is 1. The second kappa shape index (κ2) is 16.2. The van der Waals surface area contributed by atoms with Crippen LogP contribution in [0.2, 0.25) is 0 Å². The van der Waals surface area contributed by atoms with Gasteiger partial charge in [-0.15, -0.1) is 0 Å².